The van der Waals surface area contributed by atoms with Crippen LogP contribution in [0.3, 0.4) is 0 Å². The normalized spacial score (nSPS) is 17.8. The maximum atomic E-state index is 10.8. The molecule has 0 amide bonds. The van der Waals surface area contributed by atoms with Crippen molar-refractivity contribution in [2.75, 3.05) is 19.8 Å². The van der Waals surface area contributed by atoms with Crippen LogP contribution >= 0.6 is 0 Å². The van der Waals surface area contributed by atoms with Crippen LogP contribution in [0.4, 0.5) is 0 Å². The molecule has 3 rings (SSSR count). The molecule has 0 fully saturated rings. The second kappa shape index (κ2) is 8.70. The second-order valence-electron chi connectivity index (χ2n) is 7.02. The second-order valence-corrected chi connectivity index (χ2v) is 7.02. The van der Waals surface area contributed by atoms with Gasteiger partial charge in [-0.15, -0.1) is 0 Å². The van der Waals surface area contributed by atoms with Crippen LogP contribution in [-0.4, -0.2) is 47.5 Å². The maximum Gasteiger partial charge on any atom is 0.496 e. The largest absolute Gasteiger partial charge is 0.496 e. The Labute approximate surface area is 163 Å². The van der Waals surface area contributed by atoms with E-state index in [-0.39, 0.29) is 13.2 Å². The summed E-state index contributed by atoms with van der Waals surface area (Å²) in [6.45, 7) is 1.49. The van der Waals surface area contributed by atoms with Gasteiger partial charge >= 0.3 is 7.12 Å². The van der Waals surface area contributed by atoms with E-state index in [9.17, 15) is 20.2 Å². The molecule has 8 nitrogen and oxygen atoms in total. The Morgan fingerprint density at radius 1 is 1.21 bits per heavy atom. The molecule has 2 aromatic rings. The van der Waals surface area contributed by atoms with Crippen molar-refractivity contribution in [1.82, 2.24) is 0 Å². The van der Waals surface area contributed by atoms with E-state index in [1.165, 1.54) is 0 Å². The summed E-state index contributed by atoms with van der Waals surface area (Å²) in [5, 5.41) is 31.4. The first-order valence-corrected chi connectivity index (χ1v) is 8.91. The zero-order valence-electron chi connectivity index (χ0n) is 15.5. The third-order valence-corrected chi connectivity index (χ3v) is 4.36. The monoisotopic (exact) mass is 387 g/mol. The quantitative estimate of drug-likeness (QED) is 0.376. The van der Waals surface area contributed by atoms with E-state index in [4.69, 9.17) is 14.1 Å². The number of hydrogen-bond acceptors (Lipinski definition) is 7. The highest BCUT2D eigenvalue weighted by atomic mass is 16.6. The third-order valence-electron chi connectivity index (χ3n) is 4.36. The Balaban J connectivity index is 1.59. The predicted molar refractivity (Wildman–Crippen MR) is 102 cm³/mol. The van der Waals surface area contributed by atoms with Gasteiger partial charge in [0.05, 0.1) is 13.2 Å². The minimum Gasteiger partial charge on any atom is -0.491 e. The van der Waals surface area contributed by atoms with E-state index >= 15 is 0 Å². The van der Waals surface area contributed by atoms with Crippen molar-refractivity contribution in [3.8, 4) is 5.75 Å². The number of nitro groups is 1. The summed E-state index contributed by atoms with van der Waals surface area (Å²) >= 11 is 0. The summed E-state index contributed by atoms with van der Waals surface area (Å²) in [6.07, 6.45) is -0.835. The molecule has 0 spiro atoms. The molecule has 2 unspecified atom stereocenters. The Kier molecular flexibility index (Phi) is 6.30. The van der Waals surface area contributed by atoms with Gasteiger partial charge in [-0.3, -0.25) is 10.1 Å². The van der Waals surface area contributed by atoms with Crippen molar-refractivity contribution in [1.29, 1.82) is 0 Å². The van der Waals surface area contributed by atoms with Gasteiger partial charge in [0.1, 0.15) is 24.1 Å². The highest BCUT2D eigenvalue weighted by molar-refractivity contribution is 6.62. The van der Waals surface area contributed by atoms with E-state index in [2.05, 4.69) is 0 Å². The van der Waals surface area contributed by atoms with Gasteiger partial charge in [0.15, 0.2) is 0 Å². The lowest BCUT2D eigenvalue weighted by Gasteiger charge is -2.24. The molecular weight excluding hydrogens is 365 g/mol. The molecule has 0 aliphatic carbocycles. The molecule has 0 radical (unpaired) electrons. The molecule has 1 aliphatic rings. The minimum absolute atomic E-state index is 0.0555. The van der Waals surface area contributed by atoms with Crippen LogP contribution in [0, 0.1) is 10.1 Å². The van der Waals surface area contributed by atoms with E-state index in [0.29, 0.717) is 23.4 Å². The first-order chi connectivity index (χ1) is 13.4. The van der Waals surface area contributed by atoms with Crippen molar-refractivity contribution in [2.45, 2.75) is 25.2 Å². The van der Waals surface area contributed by atoms with Crippen molar-refractivity contribution >= 4 is 12.6 Å². The van der Waals surface area contributed by atoms with Crippen LogP contribution in [0.15, 0.2) is 48.5 Å². The van der Waals surface area contributed by atoms with E-state index in [1.807, 2.05) is 30.3 Å². The lowest BCUT2D eigenvalue weighted by molar-refractivity contribution is -0.490. The molecule has 2 atom stereocenters. The zero-order chi connectivity index (χ0) is 20.1. The number of fused-ring (bicyclic) bond motifs is 1. The molecule has 2 aromatic carbocycles. The number of aliphatic hydroxyl groups is 1. The SMILES string of the molecule is CC(O)(COCc1ccccc1)COc1cccc2c1B(O)OC2C[N+](=O)[O-]. The number of nitrogens with zero attached hydrogens (tertiary/aromatic N) is 1. The van der Waals surface area contributed by atoms with Gasteiger partial charge in [0.2, 0.25) is 6.54 Å². The molecule has 2 N–H and O–H groups in total. The summed E-state index contributed by atoms with van der Waals surface area (Å²) in [7, 11) is -1.31. The van der Waals surface area contributed by atoms with Gasteiger partial charge in [-0.1, -0.05) is 42.5 Å². The van der Waals surface area contributed by atoms with Gasteiger partial charge in [-0.05, 0) is 24.1 Å². The van der Waals surface area contributed by atoms with E-state index < -0.39 is 30.3 Å². The van der Waals surface area contributed by atoms with Crippen molar-refractivity contribution in [2.24, 2.45) is 0 Å². The van der Waals surface area contributed by atoms with Crippen molar-refractivity contribution in [3.05, 3.63) is 69.8 Å². The fraction of sp³-hybridized carbons (Fsp3) is 0.368. The van der Waals surface area contributed by atoms with E-state index in [0.717, 1.165) is 5.56 Å². The van der Waals surface area contributed by atoms with Gasteiger partial charge in [0, 0.05) is 10.4 Å². The average Bonchev–Trinajstić information content (AvgIpc) is 2.96. The molecule has 0 bridgehead atoms. The topological polar surface area (TPSA) is 111 Å². The summed E-state index contributed by atoms with van der Waals surface area (Å²) in [5.41, 5.74) is 0.608. The summed E-state index contributed by atoms with van der Waals surface area (Å²) in [6, 6.07) is 14.6. The zero-order valence-corrected chi connectivity index (χ0v) is 15.5. The average molecular weight is 387 g/mol. The van der Waals surface area contributed by atoms with Crippen molar-refractivity contribution in [3.63, 3.8) is 0 Å². The lowest BCUT2D eigenvalue weighted by atomic mass is 9.78. The number of hydrogen-bond donors (Lipinski definition) is 2. The Bertz CT molecular complexity index is 815. The number of benzene rings is 2. The first-order valence-electron chi connectivity index (χ1n) is 8.91. The predicted octanol–water partition coefficient (Wildman–Crippen LogP) is 1.07. The summed E-state index contributed by atoms with van der Waals surface area (Å²) in [5.74, 6) is 0.319. The molecule has 0 saturated heterocycles. The highest BCUT2D eigenvalue weighted by Gasteiger charge is 2.40. The van der Waals surface area contributed by atoms with Crippen LogP contribution in [0.2, 0.25) is 0 Å². The van der Waals surface area contributed by atoms with Crippen LogP contribution in [0.1, 0.15) is 24.2 Å². The fourth-order valence-corrected chi connectivity index (χ4v) is 3.04. The molecule has 1 aliphatic heterocycles. The Morgan fingerprint density at radius 2 is 1.96 bits per heavy atom. The Morgan fingerprint density at radius 3 is 2.68 bits per heavy atom. The summed E-state index contributed by atoms with van der Waals surface area (Å²) < 4.78 is 16.5. The third kappa shape index (κ3) is 5.08. The smallest absolute Gasteiger partial charge is 0.491 e. The molecule has 9 heteroatoms. The van der Waals surface area contributed by atoms with Gasteiger partial charge < -0.3 is 24.3 Å². The number of ether oxygens (including phenoxy) is 2. The number of rotatable bonds is 9. The molecule has 0 saturated carbocycles. The Hall–Kier alpha value is -2.46. The van der Waals surface area contributed by atoms with Crippen LogP contribution in [0.25, 0.3) is 0 Å². The van der Waals surface area contributed by atoms with Gasteiger partial charge in [-0.25, -0.2) is 0 Å². The molecule has 1 heterocycles. The first kappa shape index (κ1) is 20.3. The lowest BCUT2D eigenvalue weighted by Crippen LogP contribution is -2.39. The molecule has 148 valence electrons. The van der Waals surface area contributed by atoms with Crippen LogP contribution in [-0.2, 0) is 16.0 Å². The highest BCUT2D eigenvalue weighted by Crippen LogP contribution is 2.28. The van der Waals surface area contributed by atoms with Crippen molar-refractivity contribution < 1.29 is 29.2 Å². The van der Waals surface area contributed by atoms with Gasteiger partial charge in [0.25, 0.3) is 0 Å². The van der Waals surface area contributed by atoms with Gasteiger partial charge in [-0.2, -0.15) is 0 Å². The minimum atomic E-state index is -1.31. The maximum absolute atomic E-state index is 10.8. The fourth-order valence-electron chi connectivity index (χ4n) is 3.04. The molecular formula is C19H22BNO7. The van der Waals surface area contributed by atoms with Crippen LogP contribution < -0.4 is 10.2 Å². The molecule has 0 aromatic heterocycles. The summed E-state index contributed by atoms with van der Waals surface area (Å²) in [4.78, 5) is 10.3. The van der Waals surface area contributed by atoms with E-state index in [1.54, 1.807) is 25.1 Å². The van der Waals surface area contributed by atoms with Crippen LogP contribution in [0.5, 0.6) is 5.75 Å². The molecule has 28 heavy (non-hydrogen) atoms. The standard InChI is InChI=1S/C19H22BNO7/c1-19(22,12-26-11-14-6-3-2-4-7-14)13-27-16-9-5-8-15-17(10-21(24)25)28-20(23)18(15)16/h2-9,17,22-23H,10-13H2,1H3.